The van der Waals surface area contributed by atoms with Gasteiger partial charge in [0.1, 0.15) is 5.69 Å². The summed E-state index contributed by atoms with van der Waals surface area (Å²) >= 11 is 6.06. The van der Waals surface area contributed by atoms with E-state index in [1.165, 1.54) is 11.1 Å². The van der Waals surface area contributed by atoms with E-state index in [4.69, 9.17) is 11.6 Å². The van der Waals surface area contributed by atoms with Crippen LogP contribution in [0.2, 0.25) is 5.02 Å². The number of aliphatic hydroxyl groups excluding tert-OH is 1. The maximum absolute atomic E-state index is 9.20. The van der Waals surface area contributed by atoms with Gasteiger partial charge in [-0.1, -0.05) is 29.3 Å². The minimum Gasteiger partial charge on any atom is -0.368 e. The number of nitrogens with one attached hydrogen (secondary N) is 1. The van der Waals surface area contributed by atoms with Crippen LogP contribution in [-0.4, -0.2) is 36.4 Å². The molecule has 0 saturated heterocycles. The van der Waals surface area contributed by atoms with E-state index in [1.807, 2.05) is 24.4 Å². The molecule has 2 aliphatic carbocycles. The van der Waals surface area contributed by atoms with Crippen molar-refractivity contribution in [3.8, 4) is 11.5 Å². The molecular weight excluding hydrogens is 424 g/mol. The monoisotopic (exact) mass is 450 g/mol. The molecule has 2 aliphatic rings. The highest BCUT2D eigenvalue weighted by Crippen LogP contribution is 2.39. The van der Waals surface area contributed by atoms with Crippen LogP contribution >= 0.6 is 11.6 Å². The first-order valence-electron chi connectivity index (χ1n) is 11.3. The highest BCUT2D eigenvalue weighted by Gasteiger charge is 2.25. The second-order valence-electron chi connectivity index (χ2n) is 8.90. The quantitative estimate of drug-likeness (QED) is 0.459. The van der Waals surface area contributed by atoms with E-state index in [-0.39, 0.29) is 0 Å². The van der Waals surface area contributed by atoms with Gasteiger partial charge in [0.2, 0.25) is 0 Å². The van der Waals surface area contributed by atoms with Crippen molar-refractivity contribution in [3.05, 3.63) is 59.0 Å². The van der Waals surface area contributed by atoms with Gasteiger partial charge in [0, 0.05) is 11.4 Å². The molecule has 0 unspecified atom stereocenters. The van der Waals surface area contributed by atoms with E-state index in [0.29, 0.717) is 34.8 Å². The summed E-state index contributed by atoms with van der Waals surface area (Å²) in [5.41, 5.74) is 6.07. The van der Waals surface area contributed by atoms with Crippen LogP contribution in [0.5, 0.6) is 0 Å². The Morgan fingerprint density at radius 3 is 2.47 bits per heavy atom. The molecule has 32 heavy (non-hydrogen) atoms. The third kappa shape index (κ3) is 4.63. The second-order valence-corrected chi connectivity index (χ2v) is 9.34. The molecule has 0 atom stereocenters. The van der Waals surface area contributed by atoms with Crippen molar-refractivity contribution in [1.29, 1.82) is 0 Å². The minimum absolute atomic E-state index is 0.444. The lowest BCUT2D eigenvalue weighted by Gasteiger charge is -2.31. The van der Waals surface area contributed by atoms with E-state index in [0.717, 1.165) is 55.3 Å². The molecule has 166 valence electrons. The molecule has 0 bridgehead atoms. The first-order valence-corrected chi connectivity index (χ1v) is 11.7. The number of nitrogens with zero attached hydrogens (tertiary/aromatic N) is 3. The maximum atomic E-state index is 9.20. The predicted molar refractivity (Wildman–Crippen MR) is 126 cm³/mol. The van der Waals surface area contributed by atoms with Crippen molar-refractivity contribution in [3.63, 3.8) is 0 Å². The molecule has 7 heteroatoms. The Morgan fingerprint density at radius 2 is 1.78 bits per heavy atom. The molecule has 5 rings (SSSR count). The summed E-state index contributed by atoms with van der Waals surface area (Å²) in [7, 11) is 0. The zero-order chi connectivity index (χ0) is 22.1. The largest absolute Gasteiger partial charge is 0.368 e. The van der Waals surface area contributed by atoms with Crippen molar-refractivity contribution in [2.75, 3.05) is 0 Å². The fourth-order valence-corrected chi connectivity index (χ4v) is 5.17. The summed E-state index contributed by atoms with van der Waals surface area (Å²) < 4.78 is 0. The van der Waals surface area contributed by atoms with Gasteiger partial charge in [-0.05, 0) is 74.1 Å². The number of hydrogen-bond acceptors (Lipinski definition) is 5. The Kier molecular flexibility index (Phi) is 6.09. The fourth-order valence-electron chi connectivity index (χ4n) is 4.99. The molecule has 0 radical (unpaired) electrons. The van der Waals surface area contributed by atoms with Gasteiger partial charge in [-0.3, -0.25) is 4.98 Å². The third-order valence-electron chi connectivity index (χ3n) is 6.76. The van der Waals surface area contributed by atoms with Crippen molar-refractivity contribution in [2.24, 2.45) is 11.8 Å². The number of aromatic amines is 1. The topological polar surface area (TPSA) is 94.9 Å². The average Bonchev–Trinajstić information content (AvgIpc) is 3.23. The third-order valence-corrected chi connectivity index (χ3v) is 7.00. The van der Waals surface area contributed by atoms with Crippen molar-refractivity contribution in [1.82, 2.24) is 19.9 Å². The highest BCUT2D eigenvalue weighted by atomic mass is 35.5. The molecule has 1 saturated carbocycles. The van der Waals surface area contributed by atoms with E-state index in [9.17, 15) is 10.2 Å². The number of fused-ring (bicyclic) bond motifs is 1. The molecule has 1 aromatic carbocycles. The Balaban J connectivity index is 1.26. The molecule has 6 nitrogen and oxygen atoms in total. The summed E-state index contributed by atoms with van der Waals surface area (Å²) in [6, 6.07) is 5.57. The van der Waals surface area contributed by atoms with Crippen LogP contribution in [0.15, 0.2) is 48.3 Å². The number of aromatic nitrogens is 4. The first-order chi connectivity index (χ1) is 15.5. The van der Waals surface area contributed by atoms with Gasteiger partial charge >= 0.3 is 0 Å². The number of imidazole rings is 1. The molecule has 0 amide bonds. The number of allylic oxidation sites excluding steroid dienone is 4. The van der Waals surface area contributed by atoms with Crippen LogP contribution in [0.1, 0.15) is 50.6 Å². The molecular formula is C25H27ClN4O2. The van der Waals surface area contributed by atoms with Crippen LogP contribution < -0.4 is 0 Å². The first kappa shape index (κ1) is 21.3. The smallest absolute Gasteiger partial charge is 0.158 e. The normalized spacial score (nSPS) is 21.6. The molecule has 0 aliphatic heterocycles. The number of H-pyrrole nitrogens is 1. The summed E-state index contributed by atoms with van der Waals surface area (Å²) in [6.45, 7) is 0. The SMILES string of the molecule is OC(O)CC1CCC(C2=CC=C(c3cnc(-c4nc5ccc(Cl)cc5[nH]4)cn3)CC2)CC1. The lowest BCUT2D eigenvalue weighted by Crippen LogP contribution is -2.20. The molecule has 1 fully saturated rings. The van der Waals surface area contributed by atoms with Crippen molar-refractivity contribution in [2.45, 2.75) is 51.2 Å². The second kappa shape index (κ2) is 9.14. The van der Waals surface area contributed by atoms with Gasteiger partial charge in [-0.15, -0.1) is 0 Å². The Labute approximate surface area is 192 Å². The zero-order valence-electron chi connectivity index (χ0n) is 17.8. The lowest BCUT2D eigenvalue weighted by atomic mass is 9.75. The highest BCUT2D eigenvalue weighted by molar-refractivity contribution is 6.31. The van der Waals surface area contributed by atoms with E-state index in [2.05, 4.69) is 32.1 Å². The van der Waals surface area contributed by atoms with Crippen LogP contribution in [0.3, 0.4) is 0 Å². The van der Waals surface area contributed by atoms with Crippen molar-refractivity contribution < 1.29 is 10.2 Å². The number of halogens is 1. The van der Waals surface area contributed by atoms with E-state index < -0.39 is 6.29 Å². The minimum atomic E-state index is -1.17. The van der Waals surface area contributed by atoms with Gasteiger partial charge in [0.05, 0.1) is 29.1 Å². The van der Waals surface area contributed by atoms with E-state index in [1.54, 1.807) is 6.20 Å². The van der Waals surface area contributed by atoms with E-state index >= 15 is 0 Å². The standard InChI is InChI=1S/C25H27ClN4O2/c26-19-9-10-20-21(12-19)30-25(29-20)23-14-27-22(13-28-23)18-7-5-17(6-8-18)16-3-1-15(2-4-16)11-24(31)32/h5,7,9-10,12-16,24,31-32H,1-4,6,8,11H2,(H,29,30). The number of benzene rings is 1. The Bertz CT molecular complexity index is 1160. The molecule has 2 heterocycles. The predicted octanol–water partition coefficient (Wildman–Crippen LogP) is 5.28. The molecule has 0 spiro atoms. The van der Waals surface area contributed by atoms with Gasteiger partial charge in [0.15, 0.2) is 12.1 Å². The van der Waals surface area contributed by atoms with Gasteiger partial charge < -0.3 is 15.2 Å². The maximum Gasteiger partial charge on any atom is 0.158 e. The van der Waals surface area contributed by atoms with Crippen LogP contribution in [0.25, 0.3) is 28.1 Å². The fraction of sp³-hybridized carbons (Fsp3) is 0.400. The number of rotatable bonds is 5. The van der Waals surface area contributed by atoms with Crippen LogP contribution in [0.4, 0.5) is 0 Å². The summed E-state index contributed by atoms with van der Waals surface area (Å²) in [5, 5.41) is 19.1. The molecule has 3 N–H and O–H groups in total. The Hall–Kier alpha value is -2.54. The lowest BCUT2D eigenvalue weighted by molar-refractivity contribution is -0.0596. The average molecular weight is 451 g/mol. The summed E-state index contributed by atoms with van der Waals surface area (Å²) in [4.78, 5) is 17.1. The van der Waals surface area contributed by atoms with Gasteiger partial charge in [-0.2, -0.15) is 0 Å². The van der Waals surface area contributed by atoms with Crippen LogP contribution in [0, 0.1) is 11.8 Å². The number of aliphatic hydroxyl groups is 2. The Morgan fingerprint density at radius 1 is 1.00 bits per heavy atom. The van der Waals surface area contributed by atoms with Gasteiger partial charge in [0.25, 0.3) is 0 Å². The molecule has 2 aromatic heterocycles. The zero-order valence-corrected chi connectivity index (χ0v) is 18.6. The number of hydrogen-bond donors (Lipinski definition) is 3. The summed E-state index contributed by atoms with van der Waals surface area (Å²) in [6.07, 6.45) is 13.9. The molecule has 3 aromatic rings. The summed E-state index contributed by atoms with van der Waals surface area (Å²) in [5.74, 6) is 1.75. The van der Waals surface area contributed by atoms with Crippen LogP contribution in [-0.2, 0) is 0 Å². The van der Waals surface area contributed by atoms with Crippen molar-refractivity contribution >= 4 is 28.2 Å². The van der Waals surface area contributed by atoms with Gasteiger partial charge in [-0.25, -0.2) is 9.97 Å².